The third kappa shape index (κ3) is 2.32. The van der Waals surface area contributed by atoms with E-state index in [0.29, 0.717) is 18.6 Å². The van der Waals surface area contributed by atoms with Crippen molar-refractivity contribution in [2.45, 2.75) is 26.7 Å². The largest absolute Gasteiger partial charge is 0.508 e. The average Bonchev–Trinajstić information content (AvgIpc) is 2.66. The Kier molecular flexibility index (Phi) is 3.55. The van der Waals surface area contributed by atoms with Gasteiger partial charge in [0.1, 0.15) is 17.1 Å². The van der Waals surface area contributed by atoms with Crippen molar-refractivity contribution in [2.75, 3.05) is 6.61 Å². The number of aromatic hydroxyl groups is 1. The van der Waals surface area contributed by atoms with Gasteiger partial charge in [-0.2, -0.15) is 0 Å². The maximum atomic E-state index is 11.6. The highest BCUT2D eigenvalue weighted by molar-refractivity contribution is 5.87. The molecule has 0 aliphatic rings. The van der Waals surface area contributed by atoms with Gasteiger partial charge in [-0.25, -0.2) is 0 Å². The van der Waals surface area contributed by atoms with E-state index in [1.165, 1.54) is 0 Å². The van der Waals surface area contributed by atoms with Crippen LogP contribution in [-0.4, -0.2) is 17.7 Å². The van der Waals surface area contributed by atoms with E-state index >= 15 is 0 Å². The lowest BCUT2D eigenvalue weighted by molar-refractivity contribution is -0.142. The number of aryl methyl sites for hydroxylation is 1. The molecule has 0 aliphatic carbocycles. The Hall–Kier alpha value is -1.97. The first-order valence-corrected chi connectivity index (χ1v) is 6.04. The van der Waals surface area contributed by atoms with E-state index in [1.54, 1.807) is 25.1 Å². The zero-order valence-corrected chi connectivity index (χ0v) is 10.5. The van der Waals surface area contributed by atoms with Crippen LogP contribution in [0.1, 0.15) is 25.2 Å². The Morgan fingerprint density at radius 2 is 2.17 bits per heavy atom. The smallest absolute Gasteiger partial charge is 0.310 e. The van der Waals surface area contributed by atoms with Gasteiger partial charge in [-0.3, -0.25) is 4.79 Å². The molecule has 18 heavy (non-hydrogen) atoms. The van der Waals surface area contributed by atoms with E-state index in [1.807, 2.05) is 6.92 Å². The SMILES string of the molecule is CCOC(=O)Cc1c(CC)oc2cc(O)ccc12. The Balaban J connectivity index is 2.43. The highest BCUT2D eigenvalue weighted by Gasteiger charge is 2.16. The topological polar surface area (TPSA) is 59.7 Å². The lowest BCUT2D eigenvalue weighted by Gasteiger charge is -2.02. The van der Waals surface area contributed by atoms with Gasteiger partial charge in [0.25, 0.3) is 0 Å². The van der Waals surface area contributed by atoms with Crippen molar-refractivity contribution in [3.63, 3.8) is 0 Å². The molecule has 1 aromatic carbocycles. The van der Waals surface area contributed by atoms with Crippen molar-refractivity contribution in [2.24, 2.45) is 0 Å². The number of hydrogen-bond donors (Lipinski definition) is 1. The highest BCUT2D eigenvalue weighted by atomic mass is 16.5. The minimum absolute atomic E-state index is 0.154. The van der Waals surface area contributed by atoms with Gasteiger partial charge in [0.2, 0.25) is 0 Å². The summed E-state index contributed by atoms with van der Waals surface area (Å²) >= 11 is 0. The third-order valence-corrected chi connectivity index (χ3v) is 2.81. The van der Waals surface area contributed by atoms with Crippen LogP contribution >= 0.6 is 0 Å². The molecule has 0 amide bonds. The number of carbonyl (C=O) groups excluding carboxylic acids is 1. The quantitative estimate of drug-likeness (QED) is 0.845. The number of ether oxygens (including phenoxy) is 1. The maximum Gasteiger partial charge on any atom is 0.310 e. The average molecular weight is 248 g/mol. The second-order valence-corrected chi connectivity index (χ2v) is 4.02. The van der Waals surface area contributed by atoms with Crippen molar-refractivity contribution >= 4 is 16.9 Å². The number of phenols is 1. The zero-order valence-electron chi connectivity index (χ0n) is 10.5. The number of fused-ring (bicyclic) bond motifs is 1. The predicted molar refractivity (Wildman–Crippen MR) is 67.6 cm³/mol. The zero-order chi connectivity index (χ0) is 13.1. The molecule has 0 atom stereocenters. The van der Waals surface area contributed by atoms with E-state index in [-0.39, 0.29) is 18.1 Å². The Morgan fingerprint density at radius 1 is 1.39 bits per heavy atom. The summed E-state index contributed by atoms with van der Waals surface area (Å²) in [6, 6.07) is 4.91. The number of esters is 1. The third-order valence-electron chi connectivity index (χ3n) is 2.81. The van der Waals surface area contributed by atoms with Crippen LogP contribution in [0.15, 0.2) is 22.6 Å². The van der Waals surface area contributed by atoms with Crippen LogP contribution in [0, 0.1) is 0 Å². The van der Waals surface area contributed by atoms with E-state index < -0.39 is 0 Å². The molecule has 0 spiro atoms. The first-order chi connectivity index (χ1) is 8.65. The second kappa shape index (κ2) is 5.12. The molecule has 0 bridgehead atoms. The van der Waals surface area contributed by atoms with Crippen molar-refractivity contribution < 1.29 is 19.1 Å². The number of hydrogen-bond acceptors (Lipinski definition) is 4. The number of benzene rings is 1. The summed E-state index contributed by atoms with van der Waals surface area (Å²) in [4.78, 5) is 11.6. The molecule has 0 unspecified atom stereocenters. The lowest BCUT2D eigenvalue weighted by atomic mass is 10.1. The number of carbonyl (C=O) groups is 1. The minimum Gasteiger partial charge on any atom is -0.508 e. The predicted octanol–water partition coefficient (Wildman–Crippen LogP) is 2.81. The summed E-state index contributed by atoms with van der Waals surface area (Å²) in [5, 5.41) is 10.3. The van der Waals surface area contributed by atoms with Crippen molar-refractivity contribution in [3.05, 3.63) is 29.5 Å². The van der Waals surface area contributed by atoms with Crippen LogP contribution in [0.5, 0.6) is 5.75 Å². The van der Waals surface area contributed by atoms with Gasteiger partial charge in [0.15, 0.2) is 0 Å². The molecule has 1 aromatic heterocycles. The normalized spacial score (nSPS) is 10.8. The molecule has 4 heteroatoms. The van der Waals surface area contributed by atoms with Gasteiger partial charge < -0.3 is 14.3 Å². The van der Waals surface area contributed by atoms with Crippen LogP contribution in [0.4, 0.5) is 0 Å². The van der Waals surface area contributed by atoms with Crippen LogP contribution < -0.4 is 0 Å². The summed E-state index contributed by atoms with van der Waals surface area (Å²) in [5.41, 5.74) is 1.46. The number of furan rings is 1. The van der Waals surface area contributed by atoms with Crippen LogP contribution in [0.2, 0.25) is 0 Å². The van der Waals surface area contributed by atoms with E-state index in [9.17, 15) is 9.90 Å². The standard InChI is InChI=1S/C14H16O4/c1-3-12-11(8-14(16)17-4-2)10-6-5-9(15)7-13(10)18-12/h5-7,15H,3-4,8H2,1-2H3. The summed E-state index contributed by atoms with van der Waals surface area (Å²) in [5.74, 6) is 0.660. The van der Waals surface area contributed by atoms with Gasteiger partial charge in [-0.1, -0.05) is 6.92 Å². The molecule has 0 aliphatic heterocycles. The van der Waals surface area contributed by atoms with E-state index in [4.69, 9.17) is 9.15 Å². The van der Waals surface area contributed by atoms with Crippen molar-refractivity contribution in [1.82, 2.24) is 0 Å². The Bertz CT molecular complexity index is 568. The summed E-state index contributed by atoms with van der Waals surface area (Å²) < 4.78 is 10.6. The van der Waals surface area contributed by atoms with Gasteiger partial charge >= 0.3 is 5.97 Å². The van der Waals surface area contributed by atoms with Crippen LogP contribution in [0.25, 0.3) is 11.0 Å². The number of phenolic OH excluding ortho intramolecular Hbond substituents is 1. The fraction of sp³-hybridized carbons (Fsp3) is 0.357. The van der Waals surface area contributed by atoms with Gasteiger partial charge in [-0.15, -0.1) is 0 Å². The molecule has 0 radical (unpaired) electrons. The minimum atomic E-state index is -0.261. The molecule has 2 rings (SSSR count). The van der Waals surface area contributed by atoms with E-state index in [0.717, 1.165) is 16.7 Å². The highest BCUT2D eigenvalue weighted by Crippen LogP contribution is 2.29. The van der Waals surface area contributed by atoms with E-state index in [2.05, 4.69) is 0 Å². The van der Waals surface area contributed by atoms with Crippen LogP contribution in [0.3, 0.4) is 0 Å². The first-order valence-electron chi connectivity index (χ1n) is 6.04. The number of rotatable bonds is 4. The summed E-state index contributed by atoms with van der Waals surface area (Å²) in [7, 11) is 0. The molecule has 2 aromatic rings. The van der Waals surface area contributed by atoms with Crippen molar-refractivity contribution in [3.8, 4) is 5.75 Å². The Labute approximate surface area is 105 Å². The molecular weight excluding hydrogens is 232 g/mol. The van der Waals surface area contributed by atoms with Gasteiger partial charge in [0.05, 0.1) is 13.0 Å². The lowest BCUT2D eigenvalue weighted by Crippen LogP contribution is -2.08. The molecule has 4 nitrogen and oxygen atoms in total. The van der Waals surface area contributed by atoms with Gasteiger partial charge in [-0.05, 0) is 19.1 Å². The molecule has 1 heterocycles. The fourth-order valence-corrected chi connectivity index (χ4v) is 2.03. The maximum absolute atomic E-state index is 11.6. The molecular formula is C14H16O4. The molecule has 0 saturated heterocycles. The molecule has 0 fully saturated rings. The molecule has 0 saturated carbocycles. The summed E-state index contributed by atoms with van der Waals surface area (Å²) in [6.45, 7) is 4.12. The fourth-order valence-electron chi connectivity index (χ4n) is 2.03. The second-order valence-electron chi connectivity index (χ2n) is 4.02. The monoisotopic (exact) mass is 248 g/mol. The van der Waals surface area contributed by atoms with Crippen LogP contribution in [-0.2, 0) is 22.4 Å². The first kappa shape index (κ1) is 12.5. The van der Waals surface area contributed by atoms with Crippen molar-refractivity contribution in [1.29, 1.82) is 0 Å². The molecule has 1 N–H and O–H groups in total. The Morgan fingerprint density at radius 3 is 2.83 bits per heavy atom. The summed E-state index contributed by atoms with van der Waals surface area (Å²) in [6.07, 6.45) is 0.902. The van der Waals surface area contributed by atoms with Gasteiger partial charge in [0, 0.05) is 23.4 Å². The molecule has 96 valence electrons.